The van der Waals surface area contributed by atoms with Crippen molar-refractivity contribution < 1.29 is 9.53 Å². The molecule has 1 aliphatic carbocycles. The Bertz CT molecular complexity index is 359. The maximum atomic E-state index is 10.4. The largest absolute Gasteiger partial charge is 0.490 e. The Labute approximate surface area is 98.1 Å². The number of hydrogen-bond donors (Lipinski definition) is 0. The Kier molecular flexibility index (Phi) is 3.17. The van der Waals surface area contributed by atoms with Gasteiger partial charge in [-0.25, -0.2) is 0 Å². The van der Waals surface area contributed by atoms with Crippen molar-refractivity contribution in [1.82, 2.24) is 0 Å². The molecule has 2 atom stereocenters. The van der Waals surface area contributed by atoms with E-state index in [2.05, 4.69) is 0 Å². The third-order valence-electron chi connectivity index (χ3n) is 2.51. The zero-order chi connectivity index (χ0) is 10.8. The molecule has 0 N–H and O–H groups in total. The number of para-hydroxylation sites is 1. The molecule has 15 heavy (non-hydrogen) atoms. The van der Waals surface area contributed by atoms with E-state index in [1.165, 1.54) is 0 Å². The van der Waals surface area contributed by atoms with Gasteiger partial charge in [0.25, 0.3) is 0 Å². The summed E-state index contributed by atoms with van der Waals surface area (Å²) < 4.78 is 5.50. The van der Waals surface area contributed by atoms with Crippen molar-refractivity contribution in [3.8, 4) is 5.75 Å². The number of rotatable bonds is 4. The number of carbonyl (C=O) groups is 1. The molecular formula is C11H10Cl2O2. The molecule has 0 heterocycles. The minimum atomic E-state index is 0.159. The Balaban J connectivity index is 1.96. The third kappa shape index (κ3) is 2.44. The highest BCUT2D eigenvalue weighted by molar-refractivity contribution is 6.37. The average molecular weight is 245 g/mol. The Morgan fingerprint density at radius 1 is 1.40 bits per heavy atom. The van der Waals surface area contributed by atoms with Gasteiger partial charge in [-0.05, 0) is 18.6 Å². The second-order valence-corrected chi connectivity index (χ2v) is 4.47. The van der Waals surface area contributed by atoms with Gasteiger partial charge in [0, 0.05) is 11.8 Å². The smallest absolute Gasteiger partial charge is 0.156 e. The minimum absolute atomic E-state index is 0.159. The van der Waals surface area contributed by atoms with Crippen LogP contribution in [-0.4, -0.2) is 12.9 Å². The molecule has 0 aromatic heterocycles. The SMILES string of the molecule is O=CC1CC1COc1c(Cl)cccc1Cl. The molecule has 0 radical (unpaired) electrons. The summed E-state index contributed by atoms with van der Waals surface area (Å²) in [5.41, 5.74) is 0. The molecule has 4 heteroatoms. The number of aldehydes is 1. The number of halogens is 2. The molecular weight excluding hydrogens is 235 g/mol. The highest BCUT2D eigenvalue weighted by Gasteiger charge is 2.37. The van der Waals surface area contributed by atoms with Crippen LogP contribution in [0, 0.1) is 11.8 Å². The highest BCUT2D eigenvalue weighted by Crippen LogP contribution is 2.39. The van der Waals surface area contributed by atoms with E-state index in [1.807, 2.05) is 0 Å². The molecule has 1 saturated carbocycles. The predicted molar refractivity (Wildman–Crippen MR) is 59.6 cm³/mol. The first-order valence-corrected chi connectivity index (χ1v) is 5.50. The van der Waals surface area contributed by atoms with Crippen molar-refractivity contribution in [3.05, 3.63) is 28.2 Å². The standard InChI is InChI=1S/C11H10Cl2O2/c12-9-2-1-3-10(13)11(9)15-6-8-4-7(8)5-14/h1-3,5,7-8H,4,6H2. The summed E-state index contributed by atoms with van der Waals surface area (Å²) in [6, 6.07) is 5.22. The van der Waals surface area contributed by atoms with Crippen LogP contribution in [0.25, 0.3) is 0 Å². The first kappa shape index (κ1) is 10.8. The number of carbonyl (C=O) groups excluding carboxylic acids is 1. The second-order valence-electron chi connectivity index (χ2n) is 3.66. The lowest BCUT2D eigenvalue weighted by Crippen LogP contribution is -2.02. The second kappa shape index (κ2) is 4.42. The molecule has 2 unspecified atom stereocenters. The maximum absolute atomic E-state index is 10.4. The number of ether oxygens (including phenoxy) is 1. The topological polar surface area (TPSA) is 26.3 Å². The summed E-state index contributed by atoms with van der Waals surface area (Å²) in [7, 11) is 0. The van der Waals surface area contributed by atoms with E-state index < -0.39 is 0 Å². The van der Waals surface area contributed by atoms with Gasteiger partial charge in [-0.3, -0.25) is 0 Å². The lowest BCUT2D eigenvalue weighted by molar-refractivity contribution is -0.109. The summed E-state index contributed by atoms with van der Waals surface area (Å²) in [6.45, 7) is 0.507. The van der Waals surface area contributed by atoms with Crippen LogP contribution in [0.3, 0.4) is 0 Å². The molecule has 1 fully saturated rings. The molecule has 1 aromatic carbocycles. The maximum Gasteiger partial charge on any atom is 0.156 e. The van der Waals surface area contributed by atoms with Crippen molar-refractivity contribution >= 4 is 29.5 Å². The average Bonchev–Trinajstić information content (AvgIpc) is 2.96. The lowest BCUT2D eigenvalue weighted by Gasteiger charge is -2.08. The van der Waals surface area contributed by atoms with Gasteiger partial charge >= 0.3 is 0 Å². The van der Waals surface area contributed by atoms with Crippen molar-refractivity contribution in [3.63, 3.8) is 0 Å². The van der Waals surface area contributed by atoms with Crippen LogP contribution >= 0.6 is 23.2 Å². The molecule has 80 valence electrons. The summed E-state index contributed by atoms with van der Waals surface area (Å²) >= 11 is 11.8. The van der Waals surface area contributed by atoms with Gasteiger partial charge in [-0.1, -0.05) is 29.3 Å². The fourth-order valence-corrected chi connectivity index (χ4v) is 1.95. The van der Waals surface area contributed by atoms with E-state index in [4.69, 9.17) is 27.9 Å². The zero-order valence-corrected chi connectivity index (χ0v) is 9.46. The Hall–Kier alpha value is -0.730. The van der Waals surface area contributed by atoms with Crippen LogP contribution in [0.15, 0.2) is 18.2 Å². The van der Waals surface area contributed by atoms with Crippen molar-refractivity contribution in [2.45, 2.75) is 6.42 Å². The quantitative estimate of drug-likeness (QED) is 0.761. The van der Waals surface area contributed by atoms with E-state index in [0.717, 1.165) is 12.7 Å². The summed E-state index contributed by atoms with van der Waals surface area (Å²) in [6.07, 6.45) is 1.88. The molecule has 2 nitrogen and oxygen atoms in total. The van der Waals surface area contributed by atoms with E-state index in [1.54, 1.807) is 18.2 Å². The van der Waals surface area contributed by atoms with Crippen LogP contribution in [0.4, 0.5) is 0 Å². The summed E-state index contributed by atoms with van der Waals surface area (Å²) in [5.74, 6) is 0.999. The van der Waals surface area contributed by atoms with E-state index in [-0.39, 0.29) is 5.92 Å². The van der Waals surface area contributed by atoms with Gasteiger partial charge in [0.15, 0.2) is 5.75 Å². The van der Waals surface area contributed by atoms with Crippen molar-refractivity contribution in [2.24, 2.45) is 11.8 Å². The summed E-state index contributed by atoms with van der Waals surface area (Å²) in [5, 5.41) is 1.01. The van der Waals surface area contributed by atoms with Crippen LogP contribution < -0.4 is 4.74 Å². The van der Waals surface area contributed by atoms with Gasteiger partial charge in [-0.2, -0.15) is 0 Å². The molecule has 0 saturated heterocycles. The van der Waals surface area contributed by atoms with Crippen molar-refractivity contribution in [2.75, 3.05) is 6.61 Å². The van der Waals surface area contributed by atoms with E-state index in [9.17, 15) is 4.79 Å². The van der Waals surface area contributed by atoms with Crippen LogP contribution in [0.1, 0.15) is 6.42 Å². The van der Waals surface area contributed by atoms with Crippen LogP contribution in [0.2, 0.25) is 10.0 Å². The molecule has 0 bridgehead atoms. The van der Waals surface area contributed by atoms with Crippen molar-refractivity contribution in [1.29, 1.82) is 0 Å². The Morgan fingerprint density at radius 3 is 2.60 bits per heavy atom. The first-order valence-electron chi connectivity index (χ1n) is 4.74. The van der Waals surface area contributed by atoms with Gasteiger partial charge in [0.05, 0.1) is 16.7 Å². The Morgan fingerprint density at radius 2 is 2.07 bits per heavy atom. The van der Waals surface area contributed by atoms with Gasteiger partial charge in [0.1, 0.15) is 6.29 Å². The van der Waals surface area contributed by atoms with Crippen LogP contribution in [-0.2, 0) is 4.79 Å². The monoisotopic (exact) mass is 244 g/mol. The van der Waals surface area contributed by atoms with Crippen LogP contribution in [0.5, 0.6) is 5.75 Å². The minimum Gasteiger partial charge on any atom is -0.490 e. The number of hydrogen-bond acceptors (Lipinski definition) is 2. The normalized spacial score (nSPS) is 23.6. The van der Waals surface area contributed by atoms with Gasteiger partial charge in [0.2, 0.25) is 0 Å². The predicted octanol–water partition coefficient (Wildman–Crippen LogP) is 3.21. The fourth-order valence-electron chi connectivity index (χ4n) is 1.44. The molecule has 2 rings (SSSR count). The third-order valence-corrected chi connectivity index (χ3v) is 3.11. The lowest BCUT2D eigenvalue weighted by atomic mass is 10.3. The molecule has 0 amide bonds. The molecule has 1 aliphatic rings. The fraction of sp³-hybridized carbons (Fsp3) is 0.364. The first-order chi connectivity index (χ1) is 7.22. The van der Waals surface area contributed by atoms with Gasteiger partial charge < -0.3 is 9.53 Å². The summed E-state index contributed by atoms with van der Waals surface area (Å²) in [4.78, 5) is 10.4. The van der Waals surface area contributed by atoms with Gasteiger partial charge in [-0.15, -0.1) is 0 Å². The van der Waals surface area contributed by atoms with E-state index >= 15 is 0 Å². The molecule has 1 aromatic rings. The highest BCUT2D eigenvalue weighted by atomic mass is 35.5. The van der Waals surface area contributed by atoms with E-state index in [0.29, 0.717) is 28.3 Å². The molecule has 0 spiro atoms. The number of benzene rings is 1. The zero-order valence-electron chi connectivity index (χ0n) is 7.95. The molecule has 0 aliphatic heterocycles.